The summed E-state index contributed by atoms with van der Waals surface area (Å²) in [5, 5.41) is 6.03. The van der Waals surface area contributed by atoms with E-state index in [1.807, 2.05) is 54.5 Å². The van der Waals surface area contributed by atoms with Crippen LogP contribution >= 0.6 is 11.3 Å². The van der Waals surface area contributed by atoms with Gasteiger partial charge in [-0.15, -0.1) is 11.3 Å². The molecule has 0 unspecified atom stereocenters. The molecule has 3 heterocycles. The average molecular weight is 439 g/mol. The van der Waals surface area contributed by atoms with E-state index < -0.39 is 0 Å². The van der Waals surface area contributed by atoms with E-state index in [-0.39, 0.29) is 24.5 Å². The predicted molar refractivity (Wildman–Crippen MR) is 119 cm³/mol. The Labute approximate surface area is 185 Å². The maximum Gasteiger partial charge on any atom is 0.241 e. The van der Waals surface area contributed by atoms with Crippen LogP contribution in [0.15, 0.2) is 40.2 Å². The van der Waals surface area contributed by atoms with Crippen LogP contribution in [0, 0.1) is 13.8 Å². The van der Waals surface area contributed by atoms with E-state index in [1.165, 1.54) is 0 Å². The summed E-state index contributed by atoms with van der Waals surface area (Å²) in [6.07, 6.45) is 0.497. The molecule has 162 valence electrons. The van der Waals surface area contributed by atoms with Crippen molar-refractivity contribution in [2.75, 3.05) is 26.2 Å². The van der Waals surface area contributed by atoms with Crippen LogP contribution in [0.25, 0.3) is 10.7 Å². The van der Waals surface area contributed by atoms with Gasteiger partial charge in [-0.3, -0.25) is 14.5 Å². The van der Waals surface area contributed by atoms with Gasteiger partial charge in [0.1, 0.15) is 0 Å². The van der Waals surface area contributed by atoms with E-state index >= 15 is 0 Å². The van der Waals surface area contributed by atoms with Gasteiger partial charge in [0.15, 0.2) is 5.78 Å². The van der Waals surface area contributed by atoms with Gasteiger partial charge in [-0.25, -0.2) is 0 Å². The number of rotatable bonds is 7. The van der Waals surface area contributed by atoms with Gasteiger partial charge >= 0.3 is 0 Å². The highest BCUT2D eigenvalue weighted by Gasteiger charge is 2.23. The van der Waals surface area contributed by atoms with Crippen LogP contribution in [-0.2, 0) is 11.3 Å². The summed E-state index contributed by atoms with van der Waals surface area (Å²) < 4.78 is 5.38. The first-order valence-corrected chi connectivity index (χ1v) is 11.3. The van der Waals surface area contributed by atoms with Crippen molar-refractivity contribution in [3.05, 3.63) is 58.3 Å². The number of hydrogen-bond donors (Lipinski definition) is 0. The van der Waals surface area contributed by atoms with Crippen LogP contribution in [0.1, 0.15) is 40.2 Å². The molecule has 1 saturated heterocycles. The first kappa shape index (κ1) is 21.4. The number of carbonyl (C=O) groups excluding carboxylic acids is 2. The SMILES string of the molecule is Cc1ccc(C)c(C(=O)CCC(=O)N2CCN(Cc3nc(-c4cccs4)no3)CC2)c1. The highest BCUT2D eigenvalue weighted by molar-refractivity contribution is 7.13. The molecule has 1 amide bonds. The van der Waals surface area contributed by atoms with Crippen LogP contribution in [0.2, 0.25) is 0 Å². The number of nitrogens with zero attached hydrogens (tertiary/aromatic N) is 4. The van der Waals surface area contributed by atoms with E-state index in [9.17, 15) is 9.59 Å². The normalized spacial score (nSPS) is 14.7. The Bertz CT molecular complexity index is 1050. The molecule has 0 bridgehead atoms. The molecule has 1 aromatic carbocycles. The molecule has 0 aliphatic carbocycles. The van der Waals surface area contributed by atoms with Gasteiger partial charge in [-0.05, 0) is 36.9 Å². The summed E-state index contributed by atoms with van der Waals surface area (Å²) in [7, 11) is 0. The van der Waals surface area contributed by atoms with Crippen LogP contribution in [0.4, 0.5) is 0 Å². The molecule has 31 heavy (non-hydrogen) atoms. The number of aromatic nitrogens is 2. The van der Waals surface area contributed by atoms with Crippen LogP contribution in [0.5, 0.6) is 0 Å². The molecular weight excluding hydrogens is 412 g/mol. The summed E-state index contributed by atoms with van der Waals surface area (Å²) in [6.45, 7) is 7.25. The van der Waals surface area contributed by atoms with Gasteiger partial charge in [0.25, 0.3) is 0 Å². The molecule has 2 aromatic heterocycles. The van der Waals surface area contributed by atoms with E-state index in [1.54, 1.807) is 11.3 Å². The average Bonchev–Trinajstić information content (AvgIpc) is 3.46. The number of piperazine rings is 1. The third-order valence-corrected chi connectivity index (χ3v) is 6.42. The summed E-state index contributed by atoms with van der Waals surface area (Å²) >= 11 is 1.58. The molecule has 0 radical (unpaired) electrons. The van der Waals surface area contributed by atoms with Crippen molar-refractivity contribution in [1.29, 1.82) is 0 Å². The number of benzene rings is 1. The van der Waals surface area contributed by atoms with Crippen molar-refractivity contribution < 1.29 is 14.1 Å². The Morgan fingerprint density at radius 3 is 2.65 bits per heavy atom. The van der Waals surface area contributed by atoms with Gasteiger partial charge < -0.3 is 9.42 Å². The first-order valence-electron chi connectivity index (χ1n) is 10.5. The monoisotopic (exact) mass is 438 g/mol. The lowest BCUT2D eigenvalue weighted by atomic mass is 9.99. The fourth-order valence-electron chi connectivity index (χ4n) is 3.72. The van der Waals surface area contributed by atoms with Crippen molar-refractivity contribution in [3.63, 3.8) is 0 Å². The molecule has 0 spiro atoms. The molecular formula is C23H26N4O3S. The minimum Gasteiger partial charge on any atom is -0.340 e. The third kappa shape index (κ3) is 5.26. The molecule has 0 N–H and O–H groups in total. The molecule has 1 aliphatic heterocycles. The van der Waals surface area contributed by atoms with Crippen molar-refractivity contribution in [3.8, 4) is 10.7 Å². The Morgan fingerprint density at radius 2 is 1.90 bits per heavy atom. The highest BCUT2D eigenvalue weighted by Crippen LogP contribution is 2.22. The fourth-order valence-corrected chi connectivity index (χ4v) is 4.37. The second-order valence-corrected chi connectivity index (χ2v) is 8.84. The smallest absolute Gasteiger partial charge is 0.241 e. The van der Waals surface area contributed by atoms with E-state index in [4.69, 9.17) is 4.52 Å². The van der Waals surface area contributed by atoms with Crippen molar-refractivity contribution >= 4 is 23.0 Å². The van der Waals surface area contributed by atoms with Crippen molar-refractivity contribution in [2.24, 2.45) is 0 Å². The molecule has 4 rings (SSSR count). The maximum absolute atomic E-state index is 12.6. The number of Topliss-reactive ketones (excluding diaryl/α,β-unsaturated/α-hetero) is 1. The molecule has 1 aliphatic rings. The summed E-state index contributed by atoms with van der Waals surface area (Å²) in [6, 6.07) is 9.78. The summed E-state index contributed by atoms with van der Waals surface area (Å²) in [5.74, 6) is 1.27. The van der Waals surface area contributed by atoms with Crippen LogP contribution in [-0.4, -0.2) is 57.8 Å². The Morgan fingerprint density at radius 1 is 1.10 bits per heavy atom. The minimum absolute atomic E-state index is 0.0334. The summed E-state index contributed by atoms with van der Waals surface area (Å²) in [4.78, 5) is 34.6. The van der Waals surface area contributed by atoms with Gasteiger partial charge in [-0.1, -0.05) is 28.9 Å². The Hall–Kier alpha value is -2.84. The molecule has 0 atom stereocenters. The number of thiophene rings is 1. The zero-order valence-electron chi connectivity index (χ0n) is 17.8. The lowest BCUT2D eigenvalue weighted by Gasteiger charge is -2.34. The highest BCUT2D eigenvalue weighted by atomic mass is 32.1. The molecule has 0 saturated carbocycles. The Kier molecular flexibility index (Phi) is 6.58. The van der Waals surface area contributed by atoms with Gasteiger partial charge in [-0.2, -0.15) is 4.98 Å². The van der Waals surface area contributed by atoms with Crippen LogP contribution in [0.3, 0.4) is 0 Å². The number of hydrogen-bond acceptors (Lipinski definition) is 7. The molecule has 8 heteroatoms. The zero-order valence-corrected chi connectivity index (χ0v) is 18.7. The number of amides is 1. The van der Waals surface area contributed by atoms with E-state index in [2.05, 4.69) is 15.0 Å². The second-order valence-electron chi connectivity index (χ2n) is 7.89. The second kappa shape index (κ2) is 9.53. The van der Waals surface area contributed by atoms with E-state index in [0.717, 1.165) is 34.7 Å². The topological polar surface area (TPSA) is 79.5 Å². The quantitative estimate of drug-likeness (QED) is 0.523. The van der Waals surface area contributed by atoms with Crippen LogP contribution < -0.4 is 0 Å². The zero-order chi connectivity index (χ0) is 21.8. The molecule has 7 nitrogen and oxygen atoms in total. The fraction of sp³-hybridized carbons (Fsp3) is 0.391. The molecule has 1 fully saturated rings. The largest absolute Gasteiger partial charge is 0.340 e. The first-order chi connectivity index (χ1) is 15.0. The van der Waals surface area contributed by atoms with Gasteiger partial charge in [0.05, 0.1) is 11.4 Å². The molecule has 3 aromatic rings. The predicted octanol–water partition coefficient (Wildman–Crippen LogP) is 3.72. The van der Waals surface area contributed by atoms with Gasteiger partial charge in [0.2, 0.25) is 17.6 Å². The number of carbonyl (C=O) groups is 2. The van der Waals surface area contributed by atoms with Crippen molar-refractivity contribution in [1.82, 2.24) is 19.9 Å². The lowest BCUT2D eigenvalue weighted by molar-refractivity contribution is -0.133. The minimum atomic E-state index is 0.0334. The number of ketones is 1. The Balaban J connectivity index is 1.23. The maximum atomic E-state index is 12.6. The third-order valence-electron chi connectivity index (χ3n) is 5.55. The lowest BCUT2D eigenvalue weighted by Crippen LogP contribution is -2.48. The van der Waals surface area contributed by atoms with E-state index in [0.29, 0.717) is 31.3 Å². The standard InChI is InChI=1S/C23H26N4O3S/c1-16-5-6-17(2)18(14-16)19(28)7-8-22(29)27-11-9-26(10-12-27)15-21-24-23(25-30-21)20-4-3-13-31-20/h3-6,13-14H,7-12,15H2,1-2H3. The number of aryl methyl sites for hydroxylation is 2. The van der Waals surface area contributed by atoms with Crippen molar-refractivity contribution in [2.45, 2.75) is 33.2 Å². The van der Waals surface area contributed by atoms with Gasteiger partial charge in [0, 0.05) is 44.6 Å². The summed E-state index contributed by atoms with van der Waals surface area (Å²) in [5.41, 5.74) is 2.74.